The first-order valence-corrected chi connectivity index (χ1v) is 8.45. The van der Waals surface area contributed by atoms with Crippen molar-refractivity contribution in [2.45, 2.75) is 24.9 Å². The molecule has 0 radical (unpaired) electrons. The van der Waals surface area contributed by atoms with Crippen LogP contribution in [0.3, 0.4) is 0 Å². The summed E-state index contributed by atoms with van der Waals surface area (Å²) in [7, 11) is 0. The number of anilines is 1. The Morgan fingerprint density at radius 2 is 2.12 bits per heavy atom. The molecule has 5 nitrogen and oxygen atoms in total. The number of nitrogens with one attached hydrogen (secondary N) is 1. The van der Waals surface area contributed by atoms with E-state index in [2.05, 4.69) is 24.8 Å². The molecule has 4 heterocycles. The minimum Gasteiger partial charge on any atom is -0.355 e. The number of imidazole rings is 1. The topological polar surface area (TPSA) is 57.7 Å². The normalized spacial score (nSPS) is 19.1. The zero-order chi connectivity index (χ0) is 16.7. The van der Waals surface area contributed by atoms with Crippen molar-refractivity contribution in [2.24, 2.45) is 0 Å². The molecule has 0 aliphatic carbocycles. The fourth-order valence-corrected chi connectivity index (χ4v) is 3.94. The van der Waals surface area contributed by atoms with E-state index in [9.17, 15) is 13.2 Å². The Morgan fingerprint density at radius 3 is 2.92 bits per heavy atom. The third-order valence-corrected chi connectivity index (χ3v) is 5.13. The highest BCUT2D eigenvalue weighted by atomic mass is 32.1. The van der Waals surface area contributed by atoms with E-state index in [4.69, 9.17) is 0 Å². The van der Waals surface area contributed by atoms with Crippen LogP contribution >= 0.6 is 11.3 Å². The van der Waals surface area contributed by atoms with Gasteiger partial charge in [0.05, 0.1) is 16.4 Å². The fraction of sp³-hybridized carbons (Fsp3) is 0.400. The van der Waals surface area contributed by atoms with Crippen LogP contribution in [0.4, 0.5) is 19.0 Å². The quantitative estimate of drug-likeness (QED) is 0.761. The van der Waals surface area contributed by atoms with Crippen molar-refractivity contribution in [3.8, 4) is 0 Å². The average Bonchev–Trinajstić information content (AvgIpc) is 3.23. The van der Waals surface area contributed by atoms with Gasteiger partial charge in [-0.1, -0.05) is 0 Å². The number of nitrogens with zero attached hydrogens (tertiary/aromatic N) is 4. The van der Waals surface area contributed by atoms with Gasteiger partial charge in [0.15, 0.2) is 0 Å². The standard InChI is InChI=1S/C15H14F3N5S/c16-15(17,18)11-6-19-13(22-11)9-2-1-4-23(7-9)14-12-10(3-5-24-12)20-8-21-14/h3,5-6,8-9H,1-2,4,7H2,(H,19,22). The van der Waals surface area contributed by atoms with Gasteiger partial charge < -0.3 is 9.88 Å². The zero-order valence-corrected chi connectivity index (χ0v) is 13.4. The van der Waals surface area contributed by atoms with Crippen LogP contribution < -0.4 is 4.90 Å². The van der Waals surface area contributed by atoms with Gasteiger partial charge in [-0.2, -0.15) is 13.2 Å². The van der Waals surface area contributed by atoms with Crippen molar-refractivity contribution in [3.63, 3.8) is 0 Å². The molecule has 0 saturated carbocycles. The third-order valence-electron chi connectivity index (χ3n) is 4.23. The summed E-state index contributed by atoms with van der Waals surface area (Å²) in [6.45, 7) is 1.42. The van der Waals surface area contributed by atoms with Gasteiger partial charge in [-0.25, -0.2) is 15.0 Å². The molecule has 1 unspecified atom stereocenters. The lowest BCUT2D eigenvalue weighted by Crippen LogP contribution is -2.35. The molecular formula is C15H14F3N5S. The zero-order valence-electron chi connectivity index (χ0n) is 12.5. The molecule has 9 heteroatoms. The highest BCUT2D eigenvalue weighted by molar-refractivity contribution is 7.17. The number of alkyl halides is 3. The summed E-state index contributed by atoms with van der Waals surface area (Å²) in [5.74, 6) is 1.17. The number of rotatable bonds is 2. The van der Waals surface area contributed by atoms with Crippen molar-refractivity contribution in [2.75, 3.05) is 18.0 Å². The molecule has 1 saturated heterocycles. The van der Waals surface area contributed by atoms with E-state index in [1.807, 2.05) is 11.4 Å². The number of hydrogen-bond acceptors (Lipinski definition) is 5. The van der Waals surface area contributed by atoms with Gasteiger partial charge in [0.25, 0.3) is 0 Å². The van der Waals surface area contributed by atoms with Crippen molar-refractivity contribution in [1.29, 1.82) is 0 Å². The Bertz CT molecular complexity index is 856. The largest absolute Gasteiger partial charge is 0.432 e. The molecule has 0 aromatic carbocycles. The number of hydrogen-bond donors (Lipinski definition) is 1. The van der Waals surface area contributed by atoms with Crippen LogP contribution in [-0.2, 0) is 6.18 Å². The molecule has 1 fully saturated rings. The Hall–Kier alpha value is -2.16. The van der Waals surface area contributed by atoms with Gasteiger partial charge in [0.2, 0.25) is 0 Å². The predicted molar refractivity (Wildman–Crippen MR) is 85.2 cm³/mol. The van der Waals surface area contributed by atoms with Gasteiger partial charge in [-0.3, -0.25) is 0 Å². The Labute approximate surface area is 139 Å². The maximum Gasteiger partial charge on any atom is 0.432 e. The van der Waals surface area contributed by atoms with E-state index < -0.39 is 11.9 Å². The summed E-state index contributed by atoms with van der Waals surface area (Å²) in [6, 6.07) is 1.94. The molecule has 3 aromatic rings. The van der Waals surface area contributed by atoms with E-state index in [0.717, 1.165) is 41.6 Å². The number of aromatic amines is 1. The first kappa shape index (κ1) is 15.4. The van der Waals surface area contributed by atoms with E-state index in [0.29, 0.717) is 12.4 Å². The SMILES string of the molecule is FC(F)(F)c1cnc(C2CCCN(c3ncnc4ccsc34)C2)[nH]1. The lowest BCUT2D eigenvalue weighted by atomic mass is 9.97. The molecule has 0 spiro atoms. The lowest BCUT2D eigenvalue weighted by Gasteiger charge is -2.32. The van der Waals surface area contributed by atoms with Crippen LogP contribution in [0.25, 0.3) is 10.2 Å². The molecule has 1 aliphatic heterocycles. The molecule has 126 valence electrons. The average molecular weight is 353 g/mol. The van der Waals surface area contributed by atoms with Crippen LogP contribution in [-0.4, -0.2) is 33.0 Å². The maximum absolute atomic E-state index is 12.8. The molecule has 0 amide bonds. The van der Waals surface area contributed by atoms with Crippen LogP contribution in [0, 0.1) is 0 Å². The van der Waals surface area contributed by atoms with E-state index in [1.54, 1.807) is 11.3 Å². The molecule has 4 rings (SSSR count). The molecular weight excluding hydrogens is 339 g/mol. The van der Waals surface area contributed by atoms with Crippen molar-refractivity contribution in [3.05, 3.63) is 35.5 Å². The summed E-state index contributed by atoms with van der Waals surface area (Å²) in [4.78, 5) is 17.1. The van der Waals surface area contributed by atoms with Crippen LogP contribution in [0.15, 0.2) is 24.0 Å². The number of thiophene rings is 1. The number of aromatic nitrogens is 4. The second-order valence-corrected chi connectivity index (χ2v) is 6.71. The van der Waals surface area contributed by atoms with Gasteiger partial charge in [0.1, 0.15) is 23.7 Å². The molecule has 24 heavy (non-hydrogen) atoms. The van der Waals surface area contributed by atoms with Crippen LogP contribution in [0.2, 0.25) is 0 Å². The van der Waals surface area contributed by atoms with Gasteiger partial charge in [-0.05, 0) is 24.3 Å². The first-order chi connectivity index (χ1) is 11.5. The number of piperidine rings is 1. The highest BCUT2D eigenvalue weighted by Crippen LogP contribution is 2.34. The Kier molecular flexibility index (Phi) is 3.67. The highest BCUT2D eigenvalue weighted by Gasteiger charge is 2.34. The lowest BCUT2D eigenvalue weighted by molar-refractivity contribution is -0.141. The van der Waals surface area contributed by atoms with E-state index >= 15 is 0 Å². The summed E-state index contributed by atoms with van der Waals surface area (Å²) in [6.07, 6.45) is -0.307. The minimum atomic E-state index is -4.39. The molecule has 1 atom stereocenters. The van der Waals surface area contributed by atoms with Gasteiger partial charge in [-0.15, -0.1) is 11.3 Å². The van der Waals surface area contributed by atoms with Crippen LogP contribution in [0.1, 0.15) is 30.3 Å². The molecule has 3 aromatic heterocycles. The molecule has 1 aliphatic rings. The summed E-state index contributed by atoms with van der Waals surface area (Å²) in [5, 5.41) is 1.96. The van der Waals surface area contributed by atoms with Crippen LogP contribution in [0.5, 0.6) is 0 Å². The number of fused-ring (bicyclic) bond motifs is 1. The fourth-order valence-electron chi connectivity index (χ4n) is 3.08. The minimum absolute atomic E-state index is 0.0696. The Morgan fingerprint density at radius 1 is 1.25 bits per heavy atom. The number of H-pyrrole nitrogens is 1. The summed E-state index contributed by atoms with van der Waals surface area (Å²) in [5.41, 5.74) is 0.0989. The maximum atomic E-state index is 12.8. The second-order valence-electron chi connectivity index (χ2n) is 5.80. The monoisotopic (exact) mass is 353 g/mol. The van der Waals surface area contributed by atoms with Crippen molar-refractivity contribution >= 4 is 27.4 Å². The number of halogens is 3. The summed E-state index contributed by atoms with van der Waals surface area (Å²) >= 11 is 1.57. The summed E-state index contributed by atoms with van der Waals surface area (Å²) < 4.78 is 39.3. The smallest absolute Gasteiger partial charge is 0.355 e. The first-order valence-electron chi connectivity index (χ1n) is 7.57. The third kappa shape index (κ3) is 2.72. The van der Waals surface area contributed by atoms with Crippen molar-refractivity contribution < 1.29 is 13.2 Å². The van der Waals surface area contributed by atoms with E-state index in [-0.39, 0.29) is 5.92 Å². The Balaban J connectivity index is 1.60. The second kappa shape index (κ2) is 5.73. The molecule has 1 N–H and O–H groups in total. The predicted octanol–water partition coefficient (Wildman–Crippen LogP) is 3.82. The molecule has 0 bridgehead atoms. The van der Waals surface area contributed by atoms with E-state index in [1.165, 1.54) is 6.33 Å². The van der Waals surface area contributed by atoms with Gasteiger partial charge >= 0.3 is 6.18 Å². The van der Waals surface area contributed by atoms with Crippen molar-refractivity contribution in [1.82, 2.24) is 19.9 Å². The van der Waals surface area contributed by atoms with Gasteiger partial charge in [0, 0.05) is 19.0 Å².